The Hall–Kier alpha value is -1.86. The highest BCUT2D eigenvalue weighted by Crippen LogP contribution is 2.29. The Morgan fingerprint density at radius 3 is 2.39 bits per heavy atom. The number of anilines is 1. The molecule has 1 atom stereocenters. The van der Waals surface area contributed by atoms with E-state index in [1.807, 2.05) is 20.8 Å². The Labute approximate surface area is 137 Å². The van der Waals surface area contributed by atoms with Crippen LogP contribution in [0.2, 0.25) is 0 Å². The van der Waals surface area contributed by atoms with Crippen molar-refractivity contribution >= 4 is 17.0 Å². The summed E-state index contributed by atoms with van der Waals surface area (Å²) in [6.07, 6.45) is 0. The molecule has 124 valence electrons. The van der Waals surface area contributed by atoms with E-state index in [0.29, 0.717) is 11.6 Å². The van der Waals surface area contributed by atoms with Crippen LogP contribution in [0.3, 0.4) is 0 Å². The Morgan fingerprint density at radius 2 is 1.87 bits per heavy atom. The maximum absolute atomic E-state index is 13.2. The van der Waals surface area contributed by atoms with Gasteiger partial charge in [-0.1, -0.05) is 13.8 Å². The van der Waals surface area contributed by atoms with E-state index in [1.54, 1.807) is 19.2 Å². The zero-order valence-corrected chi connectivity index (χ0v) is 14.4. The Balaban J connectivity index is 2.58. The van der Waals surface area contributed by atoms with Gasteiger partial charge in [-0.25, -0.2) is 14.4 Å². The van der Waals surface area contributed by atoms with E-state index in [1.165, 1.54) is 17.0 Å². The molecular weight excluding hydrogens is 317 g/mol. The molecule has 0 fully saturated rings. The molecule has 7 heteroatoms. The second-order valence-corrected chi connectivity index (χ2v) is 6.54. The van der Waals surface area contributed by atoms with Crippen molar-refractivity contribution in [3.05, 3.63) is 41.3 Å². The molecule has 1 heterocycles. The minimum atomic E-state index is -2.23. The van der Waals surface area contributed by atoms with Crippen molar-refractivity contribution < 1.29 is 13.2 Å². The Kier molecular flexibility index (Phi) is 5.43. The zero-order valence-electron chi connectivity index (χ0n) is 13.5. The molecular formula is C16H19FN3O2S-. The van der Waals surface area contributed by atoms with Crippen molar-refractivity contribution in [1.82, 2.24) is 9.97 Å². The van der Waals surface area contributed by atoms with Gasteiger partial charge in [-0.2, -0.15) is 0 Å². The van der Waals surface area contributed by atoms with E-state index in [4.69, 9.17) is 0 Å². The largest absolute Gasteiger partial charge is 0.771 e. The molecule has 1 aromatic carbocycles. The summed E-state index contributed by atoms with van der Waals surface area (Å²) >= 11 is -2.23. The maximum Gasteiger partial charge on any atom is 0.226 e. The predicted molar refractivity (Wildman–Crippen MR) is 88.4 cm³/mol. The van der Waals surface area contributed by atoms with Gasteiger partial charge in [-0.05, 0) is 53.8 Å². The fourth-order valence-corrected chi connectivity index (χ4v) is 2.79. The average Bonchev–Trinajstić information content (AvgIpc) is 2.47. The van der Waals surface area contributed by atoms with Crippen LogP contribution in [0, 0.1) is 12.7 Å². The summed E-state index contributed by atoms with van der Waals surface area (Å²) < 4.78 is 35.0. The first kappa shape index (κ1) is 17.5. The van der Waals surface area contributed by atoms with Gasteiger partial charge in [0.05, 0.1) is 17.3 Å². The number of rotatable bonds is 5. The number of hydrogen-bond donors (Lipinski definition) is 0. The minimum Gasteiger partial charge on any atom is -0.771 e. The molecule has 2 rings (SSSR count). The quantitative estimate of drug-likeness (QED) is 0.785. The number of aromatic nitrogens is 2. The molecule has 0 aliphatic carbocycles. The molecule has 2 aromatic rings. The minimum absolute atomic E-state index is 0.155. The normalized spacial score (nSPS) is 12.5. The second-order valence-electron chi connectivity index (χ2n) is 5.67. The highest BCUT2D eigenvalue weighted by Gasteiger charge is 2.17. The molecule has 0 amide bonds. The van der Waals surface area contributed by atoms with Crippen molar-refractivity contribution in [2.24, 2.45) is 0 Å². The Morgan fingerprint density at radius 1 is 1.26 bits per heavy atom. The highest BCUT2D eigenvalue weighted by atomic mass is 32.2. The van der Waals surface area contributed by atoms with Gasteiger partial charge in [0, 0.05) is 12.6 Å². The van der Waals surface area contributed by atoms with Crippen LogP contribution in [0.4, 0.5) is 10.3 Å². The topological polar surface area (TPSA) is 69.2 Å². The maximum atomic E-state index is 13.2. The van der Waals surface area contributed by atoms with E-state index in [0.717, 1.165) is 16.8 Å². The van der Waals surface area contributed by atoms with Crippen LogP contribution < -0.4 is 4.90 Å². The van der Waals surface area contributed by atoms with Crippen LogP contribution in [0.25, 0.3) is 11.3 Å². The molecule has 0 aliphatic rings. The lowest BCUT2D eigenvalue weighted by Crippen LogP contribution is -2.25. The molecule has 0 saturated carbocycles. The van der Waals surface area contributed by atoms with E-state index in [9.17, 15) is 13.2 Å². The van der Waals surface area contributed by atoms with Gasteiger partial charge in [0.25, 0.3) is 0 Å². The predicted octanol–water partition coefficient (Wildman–Crippen LogP) is 2.99. The third kappa shape index (κ3) is 4.11. The fraction of sp³-hybridized carbons (Fsp3) is 0.375. The summed E-state index contributed by atoms with van der Waals surface area (Å²) in [5, 5.41) is 0. The van der Waals surface area contributed by atoms with E-state index in [-0.39, 0.29) is 17.6 Å². The summed E-state index contributed by atoms with van der Waals surface area (Å²) in [5.41, 5.74) is 3.21. The molecule has 0 aliphatic heterocycles. The van der Waals surface area contributed by atoms with Gasteiger partial charge in [-0.15, -0.1) is 0 Å². The SMILES string of the molecule is Cc1c(-c2ccc(F)cc2)nc(N(C)CS(=O)[O-])nc1C(C)C. The third-order valence-corrected chi connectivity index (χ3v) is 4.07. The standard InChI is InChI=1S/C16H20FN3O2S/c1-10(2)14-11(3)15(12-5-7-13(17)8-6-12)19-16(18-14)20(4)9-23(21)22/h5-8,10H,9H2,1-4H3,(H,21,22)/p-1. The van der Waals surface area contributed by atoms with Crippen LogP contribution >= 0.6 is 0 Å². The van der Waals surface area contributed by atoms with E-state index in [2.05, 4.69) is 9.97 Å². The van der Waals surface area contributed by atoms with Gasteiger partial charge >= 0.3 is 0 Å². The zero-order chi connectivity index (χ0) is 17.1. The van der Waals surface area contributed by atoms with Gasteiger partial charge in [0.2, 0.25) is 5.95 Å². The van der Waals surface area contributed by atoms with Crippen LogP contribution in [0.1, 0.15) is 31.0 Å². The molecule has 0 bridgehead atoms. The number of benzene rings is 1. The summed E-state index contributed by atoms with van der Waals surface area (Å²) in [6, 6.07) is 6.07. The number of nitrogens with zero attached hydrogens (tertiary/aromatic N) is 3. The van der Waals surface area contributed by atoms with Crippen molar-refractivity contribution in [3.8, 4) is 11.3 Å². The average molecular weight is 336 g/mol. The fourth-order valence-electron chi connectivity index (χ4n) is 2.36. The van der Waals surface area contributed by atoms with E-state index >= 15 is 0 Å². The van der Waals surface area contributed by atoms with Gasteiger partial charge < -0.3 is 9.45 Å². The van der Waals surface area contributed by atoms with Crippen LogP contribution in [0.15, 0.2) is 24.3 Å². The summed E-state index contributed by atoms with van der Waals surface area (Å²) in [6.45, 7) is 5.95. The van der Waals surface area contributed by atoms with Gasteiger partial charge in [0.15, 0.2) is 0 Å². The van der Waals surface area contributed by atoms with Crippen molar-refractivity contribution in [2.45, 2.75) is 26.7 Å². The molecule has 0 saturated heterocycles. The molecule has 0 N–H and O–H groups in total. The second kappa shape index (κ2) is 7.14. The summed E-state index contributed by atoms with van der Waals surface area (Å²) in [7, 11) is 1.62. The lowest BCUT2D eigenvalue weighted by atomic mass is 10.00. The monoisotopic (exact) mass is 336 g/mol. The van der Waals surface area contributed by atoms with Crippen molar-refractivity contribution in [3.63, 3.8) is 0 Å². The van der Waals surface area contributed by atoms with Gasteiger partial charge in [-0.3, -0.25) is 4.21 Å². The van der Waals surface area contributed by atoms with Crippen LogP contribution in [-0.4, -0.2) is 31.7 Å². The lowest BCUT2D eigenvalue weighted by Gasteiger charge is -2.22. The third-order valence-electron chi connectivity index (χ3n) is 3.48. The highest BCUT2D eigenvalue weighted by molar-refractivity contribution is 7.79. The first-order valence-electron chi connectivity index (χ1n) is 7.21. The first-order chi connectivity index (χ1) is 10.8. The van der Waals surface area contributed by atoms with Crippen molar-refractivity contribution in [1.29, 1.82) is 0 Å². The summed E-state index contributed by atoms with van der Waals surface area (Å²) in [4.78, 5) is 10.5. The first-order valence-corrected chi connectivity index (χ1v) is 8.45. The van der Waals surface area contributed by atoms with Crippen LogP contribution in [0.5, 0.6) is 0 Å². The summed E-state index contributed by atoms with van der Waals surface area (Å²) in [5.74, 6) is -0.0164. The molecule has 1 unspecified atom stereocenters. The molecule has 1 aromatic heterocycles. The molecule has 5 nitrogen and oxygen atoms in total. The molecule has 0 spiro atoms. The van der Waals surface area contributed by atoms with Gasteiger partial charge in [0.1, 0.15) is 5.82 Å². The Bertz CT molecular complexity index is 720. The smallest absolute Gasteiger partial charge is 0.226 e. The molecule has 0 radical (unpaired) electrons. The van der Waals surface area contributed by atoms with Crippen molar-refractivity contribution in [2.75, 3.05) is 17.8 Å². The molecule has 23 heavy (non-hydrogen) atoms. The van der Waals surface area contributed by atoms with E-state index < -0.39 is 11.1 Å². The van der Waals surface area contributed by atoms with Crippen LogP contribution in [-0.2, 0) is 11.1 Å². The number of halogens is 1. The lowest BCUT2D eigenvalue weighted by molar-refractivity contribution is 0.536. The number of hydrogen-bond acceptors (Lipinski definition) is 5.